The minimum Gasteiger partial charge on any atom is -0.444 e. The number of nitrogens with zero attached hydrogens (tertiary/aromatic N) is 2. The van der Waals surface area contributed by atoms with E-state index in [-0.39, 0.29) is 29.8 Å². The highest BCUT2D eigenvalue weighted by atomic mass is 127. The highest BCUT2D eigenvalue weighted by Crippen LogP contribution is 2.18. The van der Waals surface area contributed by atoms with Crippen LogP contribution in [0.15, 0.2) is 39.9 Å². The van der Waals surface area contributed by atoms with Gasteiger partial charge in [-0.05, 0) is 37.1 Å². The van der Waals surface area contributed by atoms with Crippen molar-refractivity contribution in [1.82, 2.24) is 15.6 Å². The summed E-state index contributed by atoms with van der Waals surface area (Å²) in [5.41, 5.74) is 1.61. The van der Waals surface area contributed by atoms with E-state index in [2.05, 4.69) is 34.5 Å². The van der Waals surface area contributed by atoms with Crippen molar-refractivity contribution in [3.8, 4) is 11.5 Å². The molecule has 0 unspecified atom stereocenters. The standard InChI is InChI=1S/C18H25FN4O.HI/c1-4-20-18(22-11-13(2)3)21-10-9-16-12-24-17(23-16)14-5-7-15(19)8-6-14;/h5-8,12-13H,4,9-11H2,1-3H3,(H2,20,21,22);1H. The summed E-state index contributed by atoms with van der Waals surface area (Å²) in [5.74, 6) is 1.57. The minimum absolute atomic E-state index is 0. The Hall–Kier alpha value is -1.64. The lowest BCUT2D eigenvalue weighted by Crippen LogP contribution is -2.38. The number of benzene rings is 1. The first-order valence-electron chi connectivity index (χ1n) is 8.31. The Kier molecular flexibility index (Phi) is 9.48. The number of hydrogen-bond donors (Lipinski definition) is 2. The van der Waals surface area contributed by atoms with Crippen molar-refractivity contribution < 1.29 is 8.81 Å². The Morgan fingerprint density at radius 1 is 1.24 bits per heavy atom. The molecular weight excluding hydrogens is 434 g/mol. The smallest absolute Gasteiger partial charge is 0.226 e. The Labute approximate surface area is 165 Å². The van der Waals surface area contributed by atoms with E-state index in [4.69, 9.17) is 4.42 Å². The van der Waals surface area contributed by atoms with E-state index >= 15 is 0 Å². The molecule has 1 heterocycles. The van der Waals surface area contributed by atoms with Crippen LogP contribution in [0.5, 0.6) is 0 Å². The van der Waals surface area contributed by atoms with Gasteiger partial charge in [-0.25, -0.2) is 9.37 Å². The molecule has 25 heavy (non-hydrogen) atoms. The average molecular weight is 460 g/mol. The largest absolute Gasteiger partial charge is 0.444 e. The SMILES string of the molecule is CCNC(=NCC(C)C)NCCc1coc(-c2ccc(F)cc2)n1.I. The summed E-state index contributed by atoms with van der Waals surface area (Å²) in [4.78, 5) is 8.96. The quantitative estimate of drug-likeness (QED) is 0.375. The van der Waals surface area contributed by atoms with Crippen LogP contribution >= 0.6 is 24.0 Å². The van der Waals surface area contributed by atoms with Crippen molar-refractivity contribution in [1.29, 1.82) is 0 Å². The van der Waals surface area contributed by atoms with Gasteiger partial charge in [-0.2, -0.15) is 0 Å². The molecule has 1 aromatic carbocycles. The van der Waals surface area contributed by atoms with Crippen molar-refractivity contribution in [2.45, 2.75) is 27.2 Å². The first-order valence-corrected chi connectivity index (χ1v) is 8.31. The average Bonchev–Trinajstić information content (AvgIpc) is 3.02. The first-order chi connectivity index (χ1) is 11.6. The predicted octanol–water partition coefficient (Wildman–Crippen LogP) is 3.85. The van der Waals surface area contributed by atoms with Gasteiger partial charge in [-0.1, -0.05) is 13.8 Å². The van der Waals surface area contributed by atoms with Crippen LogP contribution in [-0.2, 0) is 6.42 Å². The Balaban J connectivity index is 0.00000312. The second-order valence-corrected chi connectivity index (χ2v) is 5.94. The fourth-order valence-electron chi connectivity index (χ4n) is 2.07. The molecule has 2 aromatic rings. The predicted molar refractivity (Wildman–Crippen MR) is 110 cm³/mol. The summed E-state index contributed by atoms with van der Waals surface area (Å²) < 4.78 is 18.4. The normalized spacial score (nSPS) is 11.3. The van der Waals surface area contributed by atoms with Crippen molar-refractivity contribution in [2.75, 3.05) is 19.6 Å². The van der Waals surface area contributed by atoms with Crippen molar-refractivity contribution in [3.05, 3.63) is 42.0 Å². The van der Waals surface area contributed by atoms with Crippen LogP contribution in [0.25, 0.3) is 11.5 Å². The zero-order chi connectivity index (χ0) is 17.4. The molecule has 0 saturated carbocycles. The molecule has 0 fully saturated rings. The van der Waals surface area contributed by atoms with Crippen LogP contribution in [0.3, 0.4) is 0 Å². The summed E-state index contributed by atoms with van der Waals surface area (Å²) in [6, 6.07) is 6.11. The molecule has 1 aromatic heterocycles. The Bertz CT molecular complexity index is 655. The summed E-state index contributed by atoms with van der Waals surface area (Å²) in [7, 11) is 0. The monoisotopic (exact) mass is 460 g/mol. The number of guanidine groups is 1. The number of hydrogen-bond acceptors (Lipinski definition) is 3. The summed E-state index contributed by atoms with van der Waals surface area (Å²) in [6.07, 6.45) is 2.36. The number of nitrogens with one attached hydrogen (secondary N) is 2. The van der Waals surface area contributed by atoms with E-state index in [0.717, 1.165) is 36.7 Å². The number of rotatable bonds is 7. The topological polar surface area (TPSA) is 62.5 Å². The van der Waals surface area contributed by atoms with Crippen molar-refractivity contribution >= 4 is 29.9 Å². The second kappa shape index (κ2) is 11.1. The van der Waals surface area contributed by atoms with Crippen molar-refractivity contribution in [3.63, 3.8) is 0 Å². The minimum atomic E-state index is -0.272. The Morgan fingerprint density at radius 3 is 2.60 bits per heavy atom. The van der Waals surface area contributed by atoms with Crippen LogP contribution in [-0.4, -0.2) is 30.6 Å². The molecule has 0 aliphatic carbocycles. The van der Waals surface area contributed by atoms with Gasteiger partial charge in [-0.15, -0.1) is 24.0 Å². The van der Waals surface area contributed by atoms with Gasteiger partial charge in [0.2, 0.25) is 5.89 Å². The molecule has 5 nitrogen and oxygen atoms in total. The van der Waals surface area contributed by atoms with Gasteiger partial charge in [0.25, 0.3) is 0 Å². The summed E-state index contributed by atoms with van der Waals surface area (Å²) in [5, 5.41) is 6.51. The summed E-state index contributed by atoms with van der Waals surface area (Å²) >= 11 is 0. The molecule has 0 bridgehead atoms. The molecule has 2 rings (SSSR count). The highest BCUT2D eigenvalue weighted by molar-refractivity contribution is 14.0. The van der Waals surface area contributed by atoms with Crippen molar-refractivity contribution in [2.24, 2.45) is 10.9 Å². The molecule has 0 spiro atoms. The molecule has 138 valence electrons. The third-order valence-corrected chi connectivity index (χ3v) is 3.28. The van der Waals surface area contributed by atoms with Gasteiger partial charge < -0.3 is 15.1 Å². The van der Waals surface area contributed by atoms with E-state index in [9.17, 15) is 4.39 Å². The number of halogens is 2. The van der Waals surface area contributed by atoms with Gasteiger partial charge in [0.05, 0.1) is 5.69 Å². The van der Waals surface area contributed by atoms with Gasteiger partial charge in [-0.3, -0.25) is 4.99 Å². The molecule has 0 aliphatic rings. The van der Waals surface area contributed by atoms with Crippen LogP contribution in [0.4, 0.5) is 4.39 Å². The van der Waals surface area contributed by atoms with Crippen LogP contribution in [0, 0.1) is 11.7 Å². The maximum Gasteiger partial charge on any atom is 0.226 e. The molecule has 0 atom stereocenters. The third kappa shape index (κ3) is 7.41. The lowest BCUT2D eigenvalue weighted by Gasteiger charge is -2.11. The van der Waals surface area contributed by atoms with Gasteiger partial charge in [0.15, 0.2) is 5.96 Å². The molecular formula is C18H26FIN4O. The van der Waals surface area contributed by atoms with E-state index in [1.165, 1.54) is 12.1 Å². The van der Waals surface area contributed by atoms with Crippen LogP contribution in [0.1, 0.15) is 26.5 Å². The van der Waals surface area contributed by atoms with Gasteiger partial charge in [0, 0.05) is 31.6 Å². The molecule has 0 aliphatic heterocycles. The molecule has 0 saturated heterocycles. The highest BCUT2D eigenvalue weighted by Gasteiger charge is 2.07. The van der Waals surface area contributed by atoms with E-state index in [1.807, 2.05) is 6.92 Å². The summed E-state index contributed by atoms with van der Waals surface area (Å²) in [6.45, 7) is 8.63. The second-order valence-electron chi connectivity index (χ2n) is 5.94. The van der Waals surface area contributed by atoms with Gasteiger partial charge >= 0.3 is 0 Å². The maximum atomic E-state index is 12.9. The number of aromatic nitrogens is 1. The fraction of sp³-hybridized carbons (Fsp3) is 0.444. The molecule has 2 N–H and O–H groups in total. The first kappa shape index (κ1) is 21.4. The maximum absolute atomic E-state index is 12.9. The van der Waals surface area contributed by atoms with Crippen LogP contribution in [0.2, 0.25) is 0 Å². The number of aliphatic imine (C=N–C) groups is 1. The van der Waals surface area contributed by atoms with Crippen LogP contribution < -0.4 is 10.6 Å². The zero-order valence-electron chi connectivity index (χ0n) is 14.9. The zero-order valence-corrected chi connectivity index (χ0v) is 17.2. The molecule has 0 radical (unpaired) electrons. The van der Waals surface area contributed by atoms with E-state index < -0.39 is 0 Å². The third-order valence-electron chi connectivity index (χ3n) is 3.28. The molecule has 7 heteroatoms. The fourth-order valence-corrected chi connectivity index (χ4v) is 2.07. The number of oxazole rings is 1. The van der Waals surface area contributed by atoms with E-state index in [0.29, 0.717) is 18.4 Å². The van der Waals surface area contributed by atoms with Gasteiger partial charge in [0.1, 0.15) is 12.1 Å². The Morgan fingerprint density at radius 2 is 1.96 bits per heavy atom. The molecule has 0 amide bonds. The van der Waals surface area contributed by atoms with E-state index in [1.54, 1.807) is 18.4 Å². The lowest BCUT2D eigenvalue weighted by molar-refractivity contribution is 0.571. The lowest BCUT2D eigenvalue weighted by atomic mass is 10.2.